The lowest BCUT2D eigenvalue weighted by Gasteiger charge is -2.22. The molecule has 2 aromatic heterocycles. The minimum absolute atomic E-state index is 0.117. The lowest BCUT2D eigenvalue weighted by Crippen LogP contribution is -2.21. The van der Waals surface area contributed by atoms with E-state index in [1.165, 1.54) is 7.11 Å². The maximum Gasteiger partial charge on any atom is 0.238 e. The predicted molar refractivity (Wildman–Crippen MR) is 151 cm³/mol. The second-order valence-corrected chi connectivity index (χ2v) is 11.5. The summed E-state index contributed by atoms with van der Waals surface area (Å²) in [6.07, 6.45) is 3.40. The van der Waals surface area contributed by atoms with Crippen LogP contribution in [0.3, 0.4) is 0 Å². The summed E-state index contributed by atoms with van der Waals surface area (Å²) in [5.74, 6) is 3.04. The average Bonchev–Trinajstić information content (AvgIpc) is 2.92. The fraction of sp³-hybridized carbons (Fsp3) is 0.286. The van der Waals surface area contributed by atoms with E-state index in [2.05, 4.69) is 25.5 Å². The largest absolute Gasteiger partial charge is 0.491 e. The molecule has 0 saturated carbocycles. The number of pyridine rings is 1. The number of rotatable bonds is 8. The second-order valence-electron chi connectivity index (χ2n) is 9.54. The van der Waals surface area contributed by atoms with Crippen LogP contribution in [0.2, 0.25) is 0 Å². The number of aromatic nitrogens is 3. The molecule has 4 aromatic rings. The van der Waals surface area contributed by atoms with Crippen LogP contribution in [-0.2, 0) is 14.4 Å². The zero-order valence-corrected chi connectivity index (χ0v) is 22.9. The Bertz CT molecular complexity index is 1680. The van der Waals surface area contributed by atoms with Crippen LogP contribution in [0.1, 0.15) is 18.5 Å². The van der Waals surface area contributed by atoms with Gasteiger partial charge >= 0.3 is 0 Å². The Labute approximate surface area is 230 Å². The fourth-order valence-electron chi connectivity index (χ4n) is 4.59. The minimum atomic E-state index is -3.45. The Morgan fingerprint density at radius 1 is 1.15 bits per heavy atom. The summed E-state index contributed by atoms with van der Waals surface area (Å²) in [7, 11) is -2.05. The molecule has 1 aliphatic heterocycles. The van der Waals surface area contributed by atoms with Gasteiger partial charge in [0.15, 0.2) is 0 Å². The minimum Gasteiger partial charge on any atom is -0.491 e. The average molecular weight is 570 g/mol. The van der Waals surface area contributed by atoms with Crippen molar-refractivity contribution in [2.75, 3.05) is 37.4 Å². The van der Waals surface area contributed by atoms with E-state index < -0.39 is 21.3 Å². The molecule has 3 N–H and O–H groups in total. The first kappa shape index (κ1) is 27.5. The predicted octanol–water partition coefficient (Wildman–Crippen LogP) is 4.78. The van der Waals surface area contributed by atoms with Crippen LogP contribution in [0.25, 0.3) is 22.0 Å². The third-order valence-corrected chi connectivity index (χ3v) is 8.28. The van der Waals surface area contributed by atoms with Gasteiger partial charge in [0.05, 0.1) is 34.0 Å². The molecule has 0 spiro atoms. The molecule has 5 rings (SSSR count). The molecule has 2 aromatic carbocycles. The molecule has 1 aliphatic rings. The van der Waals surface area contributed by atoms with Crippen molar-refractivity contribution in [2.45, 2.75) is 24.7 Å². The molecule has 210 valence electrons. The highest BCUT2D eigenvalue weighted by atomic mass is 32.2. The van der Waals surface area contributed by atoms with Crippen molar-refractivity contribution in [1.82, 2.24) is 15.0 Å². The SMILES string of the molecule is C=S(=O)(Nc1cc(-c2cc(OCC3CCOCC3)c3nc(N)nc(C)c3c2)cnc1OC)c1ccc(F)cc1F. The van der Waals surface area contributed by atoms with Crippen LogP contribution < -0.4 is 19.9 Å². The van der Waals surface area contributed by atoms with Crippen molar-refractivity contribution in [2.24, 2.45) is 5.92 Å². The third-order valence-electron chi connectivity index (χ3n) is 6.69. The van der Waals surface area contributed by atoms with E-state index >= 15 is 0 Å². The van der Waals surface area contributed by atoms with Crippen LogP contribution in [-0.4, -0.2) is 52.0 Å². The summed E-state index contributed by atoms with van der Waals surface area (Å²) in [6, 6.07) is 8.15. The number of methoxy groups -OCH3 is 1. The maximum absolute atomic E-state index is 14.5. The van der Waals surface area contributed by atoms with Crippen LogP contribution in [0.15, 0.2) is 47.5 Å². The third kappa shape index (κ3) is 5.77. The van der Waals surface area contributed by atoms with Gasteiger partial charge in [0, 0.05) is 36.4 Å². The standard InChI is InChI=1S/C28H29F2N5O4S/c1-16-21-10-18(12-24(26(21)34-28(31)33-16)39-15-17-6-8-38-9-7-17)19-11-23(27(37-2)32-14-19)35-40(3,36)25-5-4-20(29)13-22(25)30/h4-5,10-14,17H,3,6-9,15H2,1-2H3,(H,35,36)(H2,31,33,34). The van der Waals surface area contributed by atoms with Crippen LogP contribution in [0, 0.1) is 24.5 Å². The van der Waals surface area contributed by atoms with Gasteiger partial charge in [-0.3, -0.25) is 0 Å². The fourth-order valence-corrected chi connectivity index (χ4v) is 5.86. The van der Waals surface area contributed by atoms with E-state index in [0.717, 1.165) is 30.4 Å². The van der Waals surface area contributed by atoms with Gasteiger partial charge in [-0.15, -0.1) is 0 Å². The van der Waals surface area contributed by atoms with Crippen LogP contribution in [0.4, 0.5) is 20.4 Å². The highest BCUT2D eigenvalue weighted by molar-refractivity contribution is 8.01. The van der Waals surface area contributed by atoms with E-state index in [1.807, 2.05) is 19.1 Å². The van der Waals surface area contributed by atoms with Crippen molar-refractivity contribution >= 4 is 38.1 Å². The lowest BCUT2D eigenvalue weighted by molar-refractivity contribution is 0.0500. The molecule has 0 bridgehead atoms. The lowest BCUT2D eigenvalue weighted by atomic mass is 10.0. The molecule has 0 radical (unpaired) electrons. The molecule has 1 atom stereocenters. The first-order valence-electron chi connectivity index (χ1n) is 12.6. The monoisotopic (exact) mass is 569 g/mol. The number of hydrogen-bond donors (Lipinski definition) is 2. The van der Waals surface area contributed by atoms with Gasteiger partial charge in [0.25, 0.3) is 0 Å². The number of fused-ring (bicyclic) bond motifs is 1. The molecule has 12 heteroatoms. The van der Waals surface area contributed by atoms with Crippen molar-refractivity contribution in [3.8, 4) is 22.8 Å². The topological polar surface area (TPSA) is 121 Å². The van der Waals surface area contributed by atoms with Crippen molar-refractivity contribution in [3.63, 3.8) is 0 Å². The number of nitrogen functional groups attached to an aromatic ring is 1. The Balaban J connectivity index is 1.55. The number of nitrogens with one attached hydrogen (secondary N) is 1. The Hall–Kier alpha value is -4.03. The molecule has 0 aliphatic carbocycles. The first-order chi connectivity index (χ1) is 19.1. The molecular weight excluding hydrogens is 540 g/mol. The van der Waals surface area contributed by atoms with Crippen molar-refractivity contribution in [3.05, 3.63) is 59.9 Å². The van der Waals surface area contributed by atoms with E-state index in [4.69, 9.17) is 19.9 Å². The number of ether oxygens (including phenoxy) is 3. The molecule has 1 saturated heterocycles. The number of halogens is 2. The number of aryl methyl sites for hydroxylation is 1. The summed E-state index contributed by atoms with van der Waals surface area (Å²) in [4.78, 5) is 12.8. The van der Waals surface area contributed by atoms with Gasteiger partial charge in [-0.2, -0.15) is 0 Å². The highest BCUT2D eigenvalue weighted by Gasteiger charge is 2.20. The molecular formula is C28H29F2N5O4S. The van der Waals surface area contributed by atoms with Gasteiger partial charge in [0.1, 0.15) is 28.6 Å². The van der Waals surface area contributed by atoms with Gasteiger partial charge in [-0.1, -0.05) is 0 Å². The van der Waals surface area contributed by atoms with Gasteiger partial charge in [-0.25, -0.2) is 27.9 Å². The molecule has 9 nitrogen and oxygen atoms in total. The second kappa shape index (κ2) is 11.2. The highest BCUT2D eigenvalue weighted by Crippen LogP contribution is 2.36. The Morgan fingerprint density at radius 2 is 1.93 bits per heavy atom. The van der Waals surface area contributed by atoms with Gasteiger partial charge in [0.2, 0.25) is 11.8 Å². The Kier molecular flexibility index (Phi) is 7.72. The smallest absolute Gasteiger partial charge is 0.238 e. The normalized spacial score (nSPS) is 15.5. The molecule has 3 heterocycles. The van der Waals surface area contributed by atoms with E-state index in [0.29, 0.717) is 59.9 Å². The van der Waals surface area contributed by atoms with Crippen molar-refractivity contribution in [1.29, 1.82) is 0 Å². The summed E-state index contributed by atoms with van der Waals surface area (Å²) in [6.45, 7) is 3.73. The number of nitrogens with two attached hydrogens (primary N) is 1. The maximum atomic E-state index is 14.5. The number of benzene rings is 2. The van der Waals surface area contributed by atoms with Crippen molar-refractivity contribution < 1.29 is 27.2 Å². The molecule has 1 fully saturated rings. The first-order valence-corrected chi connectivity index (χ1v) is 14.3. The summed E-state index contributed by atoms with van der Waals surface area (Å²) in [5, 5.41) is 0.744. The summed E-state index contributed by atoms with van der Waals surface area (Å²) in [5.41, 5.74) is 8.76. The van der Waals surface area contributed by atoms with E-state index in [-0.39, 0.29) is 22.4 Å². The summed E-state index contributed by atoms with van der Waals surface area (Å²) >= 11 is 0. The zero-order chi connectivity index (χ0) is 28.4. The number of hydrogen-bond acceptors (Lipinski definition) is 8. The quantitative estimate of drug-likeness (QED) is 0.291. The van der Waals surface area contributed by atoms with E-state index in [9.17, 15) is 13.0 Å². The molecule has 0 amide bonds. The van der Waals surface area contributed by atoms with Gasteiger partial charge < -0.3 is 24.7 Å². The van der Waals surface area contributed by atoms with Crippen LogP contribution >= 0.6 is 0 Å². The molecule has 40 heavy (non-hydrogen) atoms. The Morgan fingerprint density at radius 3 is 2.65 bits per heavy atom. The van der Waals surface area contributed by atoms with Crippen LogP contribution in [0.5, 0.6) is 11.6 Å². The number of anilines is 2. The van der Waals surface area contributed by atoms with Gasteiger partial charge in [-0.05, 0) is 67.4 Å². The zero-order valence-electron chi connectivity index (χ0n) is 22.1. The molecule has 1 unspecified atom stereocenters. The summed E-state index contributed by atoms with van der Waals surface area (Å²) < 4.78 is 61.1. The number of nitrogens with zero attached hydrogens (tertiary/aromatic N) is 3. The van der Waals surface area contributed by atoms with E-state index in [1.54, 1.807) is 12.3 Å².